The van der Waals surface area contributed by atoms with Gasteiger partial charge in [0.05, 0.1) is 5.69 Å². The Labute approximate surface area is 153 Å². The van der Waals surface area contributed by atoms with Crippen molar-refractivity contribution < 1.29 is 4.79 Å². The topological polar surface area (TPSA) is 66.1 Å². The van der Waals surface area contributed by atoms with Gasteiger partial charge in [-0.3, -0.25) is 9.59 Å². The highest BCUT2D eigenvalue weighted by atomic mass is 16.2. The molecule has 1 aliphatic heterocycles. The number of likely N-dealkylation sites (tertiary alicyclic amines) is 1. The number of hydrogen-bond acceptors (Lipinski definition) is 3. The quantitative estimate of drug-likeness (QED) is 0.925. The summed E-state index contributed by atoms with van der Waals surface area (Å²) in [5, 5.41) is 0. The zero-order chi connectivity index (χ0) is 18.1. The van der Waals surface area contributed by atoms with E-state index in [0.29, 0.717) is 18.2 Å². The molecule has 0 bridgehead atoms. The second kappa shape index (κ2) is 7.06. The lowest BCUT2D eigenvalue weighted by molar-refractivity contribution is -0.132. The number of aromatic nitrogens is 2. The zero-order valence-electron chi connectivity index (χ0n) is 15.2. The van der Waals surface area contributed by atoms with Gasteiger partial charge in [0.2, 0.25) is 5.91 Å². The lowest BCUT2D eigenvalue weighted by Gasteiger charge is -2.32. The van der Waals surface area contributed by atoms with Crippen molar-refractivity contribution >= 4 is 5.91 Å². The van der Waals surface area contributed by atoms with Crippen molar-refractivity contribution in [1.29, 1.82) is 0 Å². The highest BCUT2D eigenvalue weighted by Gasteiger charge is 2.29. The van der Waals surface area contributed by atoms with E-state index in [1.165, 1.54) is 11.1 Å². The Bertz CT molecular complexity index is 866. The van der Waals surface area contributed by atoms with Crippen LogP contribution in [0.15, 0.2) is 35.1 Å². The van der Waals surface area contributed by atoms with Crippen molar-refractivity contribution in [3.05, 3.63) is 63.3 Å². The molecule has 0 saturated carbocycles. The SMILES string of the molecule is Cc1nc(C2CCN(C(=O)C[C@@H]3CCc4ccccc43)CC2)cc(=O)[nH]1. The second-order valence-electron chi connectivity index (χ2n) is 7.55. The molecule has 1 aromatic heterocycles. The summed E-state index contributed by atoms with van der Waals surface area (Å²) in [5.41, 5.74) is 3.53. The van der Waals surface area contributed by atoms with Gasteiger partial charge in [0.1, 0.15) is 5.82 Å². The monoisotopic (exact) mass is 351 g/mol. The minimum atomic E-state index is -0.0918. The summed E-state index contributed by atoms with van der Waals surface area (Å²) in [6, 6.07) is 10.1. The molecule has 1 amide bonds. The Morgan fingerprint density at radius 1 is 1.23 bits per heavy atom. The molecule has 2 aliphatic rings. The molecule has 1 aliphatic carbocycles. The number of fused-ring (bicyclic) bond motifs is 1. The number of rotatable bonds is 3. The van der Waals surface area contributed by atoms with Crippen LogP contribution in [0.1, 0.15) is 60.2 Å². The molecule has 1 saturated heterocycles. The maximum absolute atomic E-state index is 12.8. The fourth-order valence-electron chi connectivity index (χ4n) is 4.43. The van der Waals surface area contributed by atoms with E-state index in [1.807, 2.05) is 11.8 Å². The molecule has 2 heterocycles. The number of aromatic amines is 1. The maximum atomic E-state index is 12.8. The van der Waals surface area contributed by atoms with E-state index in [2.05, 4.69) is 34.2 Å². The first-order chi connectivity index (χ1) is 12.6. The van der Waals surface area contributed by atoms with Gasteiger partial charge in [-0.2, -0.15) is 0 Å². The lowest BCUT2D eigenvalue weighted by Crippen LogP contribution is -2.38. The summed E-state index contributed by atoms with van der Waals surface area (Å²) >= 11 is 0. The van der Waals surface area contributed by atoms with E-state index in [4.69, 9.17) is 0 Å². The van der Waals surface area contributed by atoms with E-state index < -0.39 is 0 Å². The number of nitrogens with zero attached hydrogens (tertiary/aromatic N) is 2. The number of nitrogens with one attached hydrogen (secondary N) is 1. The molecule has 5 heteroatoms. The van der Waals surface area contributed by atoms with Crippen LogP contribution >= 0.6 is 0 Å². The molecule has 5 nitrogen and oxygen atoms in total. The molecule has 1 atom stereocenters. The van der Waals surface area contributed by atoms with Gasteiger partial charge >= 0.3 is 0 Å². The molecule has 1 fully saturated rings. The molecule has 0 radical (unpaired) electrons. The van der Waals surface area contributed by atoms with Gasteiger partial charge in [0.15, 0.2) is 0 Å². The van der Waals surface area contributed by atoms with Gasteiger partial charge < -0.3 is 9.88 Å². The van der Waals surface area contributed by atoms with Crippen LogP contribution < -0.4 is 5.56 Å². The summed E-state index contributed by atoms with van der Waals surface area (Å²) in [4.78, 5) is 33.6. The fourth-order valence-corrected chi connectivity index (χ4v) is 4.43. The van der Waals surface area contributed by atoms with Gasteiger partial charge in [-0.15, -0.1) is 0 Å². The Morgan fingerprint density at radius 2 is 2.00 bits per heavy atom. The van der Waals surface area contributed by atoms with Crippen LogP contribution in [-0.2, 0) is 11.2 Å². The number of aryl methyl sites for hydroxylation is 2. The predicted octanol–water partition coefficient (Wildman–Crippen LogP) is 2.90. The minimum absolute atomic E-state index is 0.0918. The van der Waals surface area contributed by atoms with Crippen LogP contribution in [0.4, 0.5) is 0 Å². The van der Waals surface area contributed by atoms with Crippen molar-refractivity contribution in [2.24, 2.45) is 0 Å². The third-order valence-electron chi connectivity index (χ3n) is 5.82. The van der Waals surface area contributed by atoms with Crippen molar-refractivity contribution in [2.45, 2.75) is 50.9 Å². The molecular formula is C21H25N3O2. The van der Waals surface area contributed by atoms with E-state index in [9.17, 15) is 9.59 Å². The number of H-pyrrole nitrogens is 1. The van der Waals surface area contributed by atoms with Crippen LogP contribution in [0, 0.1) is 6.92 Å². The van der Waals surface area contributed by atoms with Gasteiger partial charge in [-0.25, -0.2) is 4.98 Å². The average molecular weight is 351 g/mol. The Balaban J connectivity index is 1.36. The summed E-state index contributed by atoms with van der Waals surface area (Å²) in [6.45, 7) is 3.32. The highest BCUT2D eigenvalue weighted by Crippen LogP contribution is 2.36. The van der Waals surface area contributed by atoms with Gasteiger partial charge in [-0.05, 0) is 49.7 Å². The lowest BCUT2D eigenvalue weighted by atomic mass is 9.92. The molecule has 1 aromatic carbocycles. The van der Waals surface area contributed by atoms with E-state index in [1.54, 1.807) is 6.07 Å². The standard InChI is InChI=1S/C21H25N3O2/c1-14-22-19(13-20(25)23-14)16-8-10-24(11-9-16)21(26)12-17-7-6-15-4-2-3-5-18(15)17/h2-5,13,16-17H,6-12H2,1H3,(H,22,23,25)/t17-/m0/s1. The van der Waals surface area contributed by atoms with Crippen LogP contribution in [0.25, 0.3) is 0 Å². The number of carbonyl (C=O) groups is 1. The van der Waals surface area contributed by atoms with Gasteiger partial charge in [0, 0.05) is 31.5 Å². The Hall–Kier alpha value is -2.43. The molecular weight excluding hydrogens is 326 g/mol. The summed E-state index contributed by atoms with van der Waals surface area (Å²) in [5.74, 6) is 1.56. The number of amides is 1. The number of piperidine rings is 1. The Morgan fingerprint density at radius 3 is 2.77 bits per heavy atom. The molecule has 0 spiro atoms. The third-order valence-corrected chi connectivity index (χ3v) is 5.82. The van der Waals surface area contributed by atoms with Crippen LogP contribution in [0.3, 0.4) is 0 Å². The molecule has 26 heavy (non-hydrogen) atoms. The molecule has 4 rings (SSSR count). The van der Waals surface area contributed by atoms with Crippen LogP contribution in [0.2, 0.25) is 0 Å². The minimum Gasteiger partial charge on any atom is -0.343 e. The molecule has 2 aromatic rings. The van der Waals surface area contributed by atoms with Crippen LogP contribution in [-0.4, -0.2) is 33.9 Å². The van der Waals surface area contributed by atoms with Crippen molar-refractivity contribution in [1.82, 2.24) is 14.9 Å². The summed E-state index contributed by atoms with van der Waals surface area (Å²) in [6.07, 6.45) is 4.54. The first-order valence-electron chi connectivity index (χ1n) is 9.53. The normalized spacial score (nSPS) is 20.2. The first-order valence-corrected chi connectivity index (χ1v) is 9.53. The summed E-state index contributed by atoms with van der Waals surface area (Å²) in [7, 11) is 0. The number of carbonyl (C=O) groups excluding carboxylic acids is 1. The van der Waals surface area contributed by atoms with Crippen molar-refractivity contribution in [3.63, 3.8) is 0 Å². The molecule has 136 valence electrons. The van der Waals surface area contributed by atoms with E-state index in [0.717, 1.165) is 44.5 Å². The van der Waals surface area contributed by atoms with Gasteiger partial charge in [0.25, 0.3) is 5.56 Å². The molecule has 0 unspecified atom stereocenters. The predicted molar refractivity (Wildman–Crippen MR) is 100 cm³/mol. The largest absolute Gasteiger partial charge is 0.343 e. The maximum Gasteiger partial charge on any atom is 0.251 e. The average Bonchev–Trinajstić information content (AvgIpc) is 3.04. The van der Waals surface area contributed by atoms with Gasteiger partial charge in [-0.1, -0.05) is 24.3 Å². The molecule has 1 N–H and O–H groups in total. The first kappa shape index (κ1) is 17.0. The highest BCUT2D eigenvalue weighted by molar-refractivity contribution is 5.77. The number of benzene rings is 1. The smallest absolute Gasteiger partial charge is 0.251 e. The van der Waals surface area contributed by atoms with Crippen molar-refractivity contribution in [2.75, 3.05) is 13.1 Å². The van der Waals surface area contributed by atoms with Crippen molar-refractivity contribution in [3.8, 4) is 0 Å². The van der Waals surface area contributed by atoms with Crippen LogP contribution in [0.5, 0.6) is 0 Å². The third kappa shape index (κ3) is 3.43. The summed E-state index contributed by atoms with van der Waals surface area (Å²) < 4.78 is 0. The second-order valence-corrected chi connectivity index (χ2v) is 7.55. The zero-order valence-corrected chi connectivity index (χ0v) is 15.2. The fraction of sp³-hybridized carbons (Fsp3) is 0.476. The Kier molecular flexibility index (Phi) is 4.62. The van der Waals surface area contributed by atoms with E-state index in [-0.39, 0.29) is 17.4 Å². The van der Waals surface area contributed by atoms with E-state index >= 15 is 0 Å². The number of hydrogen-bond donors (Lipinski definition) is 1.